The van der Waals surface area contributed by atoms with E-state index in [-0.39, 0.29) is 70.9 Å². The lowest BCUT2D eigenvalue weighted by Gasteiger charge is -2.54. The van der Waals surface area contributed by atoms with Crippen molar-refractivity contribution in [3.63, 3.8) is 0 Å². The number of pyridine rings is 1. The minimum Gasteiger partial charge on any atom is -0.371 e. The average molecular weight is 1130 g/mol. The maximum atomic E-state index is 15.9. The van der Waals surface area contributed by atoms with Crippen LogP contribution in [0, 0.1) is 18.2 Å². The molecule has 0 radical (unpaired) electrons. The molecule has 1 aliphatic carbocycles. The molecule has 0 bridgehead atoms. The zero-order chi connectivity index (χ0) is 57.8. The van der Waals surface area contributed by atoms with Gasteiger partial charge in [-0.1, -0.05) is 18.6 Å². The van der Waals surface area contributed by atoms with E-state index in [0.717, 1.165) is 92.4 Å². The van der Waals surface area contributed by atoms with Crippen LogP contribution in [0.15, 0.2) is 60.9 Å². The first-order chi connectivity index (χ1) is 39.9. The fourth-order valence-electron chi connectivity index (χ4n) is 14.8. The van der Waals surface area contributed by atoms with Crippen LogP contribution in [0.1, 0.15) is 147 Å². The molecule has 2 spiro atoms. The summed E-state index contributed by atoms with van der Waals surface area (Å²) in [6.45, 7) is 16.1. The van der Waals surface area contributed by atoms with Crippen LogP contribution in [0.5, 0.6) is 0 Å². The summed E-state index contributed by atoms with van der Waals surface area (Å²) in [7, 11) is 0. The molecular formula is C63H73FN12O7. The number of anilines is 4. The van der Waals surface area contributed by atoms with Crippen molar-refractivity contribution in [2.75, 3.05) is 74.0 Å². The number of likely N-dealkylation sites (tertiary alicyclic amines) is 3. The van der Waals surface area contributed by atoms with E-state index in [9.17, 15) is 28.8 Å². The summed E-state index contributed by atoms with van der Waals surface area (Å²) in [5.41, 5.74) is 6.29. The Hall–Kier alpha value is -7.58. The fourth-order valence-corrected chi connectivity index (χ4v) is 14.8. The third-order valence-electron chi connectivity index (χ3n) is 19.5. The van der Waals surface area contributed by atoms with E-state index >= 15 is 9.18 Å². The van der Waals surface area contributed by atoms with Gasteiger partial charge in [0.2, 0.25) is 23.6 Å². The second-order valence-corrected chi connectivity index (χ2v) is 25.4. The Morgan fingerprint density at radius 1 is 0.807 bits per heavy atom. The topological polar surface area (TPSA) is 206 Å². The van der Waals surface area contributed by atoms with E-state index in [2.05, 4.69) is 47.7 Å². The molecule has 7 amide bonds. The Morgan fingerprint density at radius 2 is 1.54 bits per heavy atom. The van der Waals surface area contributed by atoms with Gasteiger partial charge in [0.25, 0.3) is 17.7 Å². The maximum absolute atomic E-state index is 15.9. The fraction of sp³-hybridized carbons (Fsp3) is 0.508. The molecule has 19 nitrogen and oxygen atoms in total. The van der Waals surface area contributed by atoms with Crippen LogP contribution in [-0.2, 0) is 24.6 Å². The molecular weight excluding hydrogens is 1060 g/mol. The van der Waals surface area contributed by atoms with Crippen LogP contribution in [0.3, 0.4) is 0 Å². The molecule has 5 saturated heterocycles. The maximum Gasteiger partial charge on any atom is 0.262 e. The smallest absolute Gasteiger partial charge is 0.262 e. The molecule has 8 aliphatic rings. The van der Waals surface area contributed by atoms with E-state index in [1.165, 1.54) is 31.4 Å². The van der Waals surface area contributed by atoms with E-state index in [0.29, 0.717) is 72.2 Å². The van der Waals surface area contributed by atoms with Gasteiger partial charge in [-0.05, 0) is 165 Å². The van der Waals surface area contributed by atoms with Crippen LogP contribution in [0.2, 0.25) is 0 Å². The number of rotatable bonds is 12. The highest BCUT2D eigenvalue weighted by atomic mass is 19.1. The third kappa shape index (κ3) is 9.53. The number of imide groups is 2. The highest BCUT2D eigenvalue weighted by Gasteiger charge is 2.56. The lowest BCUT2D eigenvalue weighted by Crippen LogP contribution is -2.62. The molecule has 3 aromatic carbocycles. The summed E-state index contributed by atoms with van der Waals surface area (Å²) in [5.74, 6) is -2.32. The molecule has 13 rings (SSSR count). The Morgan fingerprint density at radius 3 is 2.25 bits per heavy atom. The van der Waals surface area contributed by atoms with Crippen LogP contribution < -0.4 is 25.8 Å². The molecule has 5 aromatic rings. The Kier molecular flexibility index (Phi) is 13.8. The van der Waals surface area contributed by atoms with Crippen LogP contribution in [0.25, 0.3) is 22.3 Å². The predicted molar refractivity (Wildman–Crippen MR) is 311 cm³/mol. The monoisotopic (exact) mass is 1130 g/mol. The van der Waals surface area contributed by atoms with Gasteiger partial charge in [0.05, 0.1) is 46.3 Å². The number of piperidine rings is 4. The van der Waals surface area contributed by atoms with E-state index in [4.69, 9.17) is 9.97 Å². The number of carbonyl (C=O) groups excluding carboxylic acids is 7. The van der Waals surface area contributed by atoms with Gasteiger partial charge in [-0.15, -0.1) is 0 Å². The van der Waals surface area contributed by atoms with Gasteiger partial charge in [-0.3, -0.25) is 48.7 Å². The molecule has 2 aromatic heterocycles. The summed E-state index contributed by atoms with van der Waals surface area (Å²) in [6, 6.07) is 15.7. The Bertz CT molecular complexity index is 3520. The third-order valence-corrected chi connectivity index (χ3v) is 19.5. The van der Waals surface area contributed by atoms with Gasteiger partial charge in [0.1, 0.15) is 17.4 Å². The molecule has 3 N–H and O–H groups in total. The number of carbonyl (C=O) groups is 7. The second kappa shape index (κ2) is 20.9. The van der Waals surface area contributed by atoms with E-state index < -0.39 is 40.9 Å². The summed E-state index contributed by atoms with van der Waals surface area (Å²) in [5, 5.41) is 8.46. The van der Waals surface area contributed by atoms with Crippen molar-refractivity contribution in [2.24, 2.45) is 5.41 Å². The van der Waals surface area contributed by atoms with Crippen molar-refractivity contribution in [1.82, 2.24) is 44.8 Å². The number of nitrogens with one attached hydrogen (secondary N) is 3. The van der Waals surface area contributed by atoms with Crippen molar-refractivity contribution in [2.45, 2.75) is 141 Å². The lowest BCUT2D eigenvalue weighted by molar-refractivity contribution is -0.140. The molecule has 7 aliphatic heterocycles. The number of aryl methyl sites for hydroxylation is 1. The van der Waals surface area contributed by atoms with E-state index in [1.54, 1.807) is 25.4 Å². The highest BCUT2D eigenvalue weighted by Crippen LogP contribution is 2.53. The second-order valence-electron chi connectivity index (χ2n) is 25.4. The Balaban J connectivity index is 0.698. The molecule has 434 valence electrons. The first-order valence-corrected chi connectivity index (χ1v) is 30.0. The molecule has 6 fully saturated rings. The van der Waals surface area contributed by atoms with Gasteiger partial charge < -0.3 is 34.8 Å². The van der Waals surface area contributed by atoms with Crippen molar-refractivity contribution >= 4 is 75.3 Å². The molecule has 83 heavy (non-hydrogen) atoms. The minimum atomic E-state index is -1.01. The molecule has 9 heterocycles. The lowest BCUT2D eigenvalue weighted by atomic mass is 9.71. The molecule has 1 unspecified atom stereocenters. The molecule has 1 saturated carbocycles. The van der Waals surface area contributed by atoms with Gasteiger partial charge >= 0.3 is 0 Å². The van der Waals surface area contributed by atoms with Crippen molar-refractivity contribution in [1.29, 1.82) is 0 Å². The minimum absolute atomic E-state index is 0.0105. The molecule has 20 heteroatoms. The number of hydrogen-bond donors (Lipinski definition) is 3. The molecule has 1 atom stereocenters. The zero-order valence-electron chi connectivity index (χ0n) is 48.1. The summed E-state index contributed by atoms with van der Waals surface area (Å²) in [4.78, 5) is 116. The first-order valence-electron chi connectivity index (χ1n) is 30.0. The van der Waals surface area contributed by atoms with Crippen LogP contribution in [0.4, 0.5) is 27.3 Å². The standard InChI is InChI=1S/C63H73FN12O7/c1-36(2)66-57(79)44-30-49(47(64)25-38(44)5)68-56-55-50(65-35-74(55)37(3)4)31-48(67-56)39-9-12-46-52(26-39)75(42-27-41(28-42)71-19-7-6-8-20-71)61(83)63(46)17-23-73(24-18-63)54(78)32-70-33-62(34-70)15-21-72(22-16-62)40-10-11-43-45(29-40)60(82)76(59(43)81)51-13-14-53(77)69-58(51)80/h9-12,25-26,29-31,35-37,41-42,51H,6-8,13-24,27-28,32-34H2,1-5H3,(H,66,79)(H,67,68)(H,69,77,80)/t41-,42+,51?. The zero-order valence-corrected chi connectivity index (χ0v) is 48.1. The SMILES string of the molecule is Cc1cc(F)c(Nc2nc(-c3ccc4c(c3)N([C@H]3C[C@@H](N5CCCCC5)C3)C(=O)C43CCN(C(=O)CN4CC5(CCN(c6ccc7c(c6)C(=O)N(C6CCC(=O)NC6=O)C7=O)CC5)C4)CC3)cc3ncn(C(C)C)c23)cc1C(=O)NC(C)C. The Labute approximate surface area is 482 Å². The number of fused-ring (bicyclic) bond motifs is 4. The number of nitrogens with zero attached hydrogens (tertiary/aromatic N) is 9. The van der Waals surface area contributed by atoms with Crippen LogP contribution >= 0.6 is 0 Å². The van der Waals surface area contributed by atoms with Gasteiger partial charge in [0.15, 0.2) is 5.82 Å². The summed E-state index contributed by atoms with van der Waals surface area (Å²) < 4.78 is 17.9. The highest BCUT2D eigenvalue weighted by molar-refractivity contribution is 6.24. The predicted octanol–water partition coefficient (Wildman–Crippen LogP) is 7.24. The van der Waals surface area contributed by atoms with Crippen LogP contribution in [-0.4, -0.2) is 159 Å². The van der Waals surface area contributed by atoms with Crippen molar-refractivity contribution in [3.05, 3.63) is 94.6 Å². The van der Waals surface area contributed by atoms with Gasteiger partial charge in [-0.25, -0.2) is 14.4 Å². The number of amides is 7. The number of imidazole rings is 1. The largest absolute Gasteiger partial charge is 0.371 e. The van der Waals surface area contributed by atoms with Gasteiger partial charge in [0, 0.05) is 92.4 Å². The first kappa shape index (κ1) is 54.7. The number of benzene rings is 3. The van der Waals surface area contributed by atoms with Crippen molar-refractivity contribution < 1.29 is 38.0 Å². The normalized spacial score (nSPS) is 23.3. The summed E-state index contributed by atoms with van der Waals surface area (Å²) in [6.07, 6.45) is 10.3. The average Bonchev–Trinajstić information content (AvgIpc) is 1.77. The number of hydrogen-bond acceptors (Lipinski definition) is 13. The summed E-state index contributed by atoms with van der Waals surface area (Å²) >= 11 is 0. The number of aromatic nitrogens is 3. The van der Waals surface area contributed by atoms with Gasteiger partial charge in [-0.2, -0.15) is 0 Å². The number of halogens is 1. The van der Waals surface area contributed by atoms with E-state index in [1.807, 2.05) is 55.4 Å². The van der Waals surface area contributed by atoms with Crippen molar-refractivity contribution in [3.8, 4) is 11.3 Å². The quantitative estimate of drug-likeness (QED) is 0.106.